The highest BCUT2D eigenvalue weighted by Gasteiger charge is 2.48. The first-order chi connectivity index (χ1) is 17.6. The lowest BCUT2D eigenvalue weighted by Crippen LogP contribution is -2.34. The maximum Gasteiger partial charge on any atom is 0.296 e. The van der Waals surface area contributed by atoms with Crippen molar-refractivity contribution in [2.45, 2.75) is 56.0 Å². The Kier molecular flexibility index (Phi) is 5.70. The highest BCUT2D eigenvalue weighted by atomic mass is 35.5. The number of hydrogen-bond acceptors (Lipinski definition) is 8. The maximum atomic E-state index is 9.95. The molecule has 0 bridgehead atoms. The van der Waals surface area contributed by atoms with E-state index in [2.05, 4.69) is 22.1 Å². The zero-order chi connectivity index (χ0) is 24.2. The summed E-state index contributed by atoms with van der Waals surface area (Å²) in [6.45, 7) is 2.03. The summed E-state index contributed by atoms with van der Waals surface area (Å²) in [7, 11) is 0. The number of hydrogen-bond donors (Lipinski definition) is 2. The number of nitrogens with zero attached hydrogens (tertiary/aromatic N) is 3. The molecule has 0 saturated carbocycles. The van der Waals surface area contributed by atoms with Crippen molar-refractivity contribution < 1.29 is 24.1 Å². The standard InChI is InChI=1S/C26H27ClN4O5/c27-17-9-19-25(31-26(30-19)36-21-12-35-23-20(32)11-34-24(21)23)29-18(17)8-15-2-1-14-7-16(10-28-22(14)15)13-3-5-33-6-4-13/h3,7,9-10,15,20-21,23-24,32H,1-2,4-6,8,11-12H2,(H,29,30,31)/t15?,20-,21-,23-,24-/m1/s1. The molecule has 0 aromatic carbocycles. The average molecular weight is 511 g/mol. The first-order valence-electron chi connectivity index (χ1n) is 12.5. The van der Waals surface area contributed by atoms with Crippen molar-refractivity contribution in [2.75, 3.05) is 26.4 Å². The summed E-state index contributed by atoms with van der Waals surface area (Å²) < 4.78 is 22.7. The van der Waals surface area contributed by atoms with Gasteiger partial charge in [-0.05, 0) is 54.5 Å². The second-order valence-corrected chi connectivity index (χ2v) is 10.3. The van der Waals surface area contributed by atoms with E-state index in [4.69, 9.17) is 40.5 Å². The van der Waals surface area contributed by atoms with Gasteiger partial charge in [0.25, 0.3) is 6.01 Å². The van der Waals surface area contributed by atoms with Gasteiger partial charge in [-0.3, -0.25) is 4.98 Å². The predicted molar refractivity (Wildman–Crippen MR) is 131 cm³/mol. The van der Waals surface area contributed by atoms with Gasteiger partial charge in [-0.2, -0.15) is 4.98 Å². The maximum absolute atomic E-state index is 9.95. The molecule has 10 heteroatoms. The minimum atomic E-state index is -0.622. The molecule has 1 aliphatic carbocycles. The summed E-state index contributed by atoms with van der Waals surface area (Å²) in [4.78, 5) is 17.3. The van der Waals surface area contributed by atoms with Crippen LogP contribution in [0, 0.1) is 0 Å². The van der Waals surface area contributed by atoms with Crippen LogP contribution in [0.2, 0.25) is 5.02 Å². The molecule has 0 amide bonds. The molecule has 36 heavy (non-hydrogen) atoms. The van der Waals surface area contributed by atoms with Gasteiger partial charge in [0.2, 0.25) is 0 Å². The zero-order valence-corrected chi connectivity index (χ0v) is 20.4. The van der Waals surface area contributed by atoms with Gasteiger partial charge in [0.15, 0.2) is 11.8 Å². The molecule has 3 aliphatic heterocycles. The van der Waals surface area contributed by atoms with Gasteiger partial charge < -0.3 is 29.0 Å². The fraction of sp³-hybridized carbons (Fsp3) is 0.500. The van der Waals surface area contributed by atoms with E-state index in [0.717, 1.165) is 37.3 Å². The number of aliphatic hydroxyl groups excluding tert-OH is 1. The average Bonchev–Trinajstić information content (AvgIpc) is 3.66. The minimum absolute atomic E-state index is 0.253. The van der Waals surface area contributed by atoms with E-state index in [1.165, 1.54) is 16.7 Å². The molecular formula is C26H27ClN4O5. The largest absolute Gasteiger partial charge is 0.456 e. The molecule has 9 nitrogen and oxygen atoms in total. The van der Waals surface area contributed by atoms with Crippen molar-refractivity contribution in [2.24, 2.45) is 0 Å². The molecule has 188 valence electrons. The van der Waals surface area contributed by atoms with Crippen molar-refractivity contribution in [3.8, 4) is 6.01 Å². The molecule has 2 saturated heterocycles. The van der Waals surface area contributed by atoms with Gasteiger partial charge in [0.05, 0.1) is 42.7 Å². The summed E-state index contributed by atoms with van der Waals surface area (Å²) in [5.74, 6) is 0.272. The van der Waals surface area contributed by atoms with Gasteiger partial charge in [-0.15, -0.1) is 0 Å². The molecule has 2 fully saturated rings. The SMILES string of the molecule is O[C@@H]1CO[C@H]2[C@@H]1OC[C@H]2Oc1nc2nc(CC3CCc4cc(C5=CCOCC5)cnc43)c(Cl)cc2[nH]1. The van der Waals surface area contributed by atoms with E-state index in [9.17, 15) is 5.11 Å². The van der Waals surface area contributed by atoms with Crippen LogP contribution in [0.15, 0.2) is 24.4 Å². The highest BCUT2D eigenvalue weighted by Crippen LogP contribution is 2.37. The number of halogens is 1. The van der Waals surface area contributed by atoms with E-state index < -0.39 is 6.10 Å². The van der Waals surface area contributed by atoms with Crippen molar-refractivity contribution in [3.05, 3.63) is 51.9 Å². The van der Waals surface area contributed by atoms with Crippen molar-refractivity contribution in [3.63, 3.8) is 0 Å². The number of nitrogens with one attached hydrogen (secondary N) is 1. The lowest BCUT2D eigenvalue weighted by molar-refractivity contribution is 0.00706. The minimum Gasteiger partial charge on any atom is -0.456 e. The van der Waals surface area contributed by atoms with Crippen LogP contribution >= 0.6 is 11.6 Å². The van der Waals surface area contributed by atoms with Crippen LogP contribution in [-0.4, -0.2) is 75.9 Å². The summed E-state index contributed by atoms with van der Waals surface area (Å²) in [6.07, 6.45) is 6.19. The molecule has 3 aromatic rings. The van der Waals surface area contributed by atoms with Crippen LogP contribution < -0.4 is 4.74 Å². The third-order valence-corrected chi connectivity index (χ3v) is 7.97. The third kappa shape index (κ3) is 3.99. The molecule has 0 spiro atoms. The fourth-order valence-corrected chi connectivity index (χ4v) is 6.00. The van der Waals surface area contributed by atoms with E-state index in [0.29, 0.717) is 41.8 Å². The second-order valence-electron chi connectivity index (χ2n) is 9.91. The van der Waals surface area contributed by atoms with Crippen LogP contribution in [0.5, 0.6) is 6.01 Å². The van der Waals surface area contributed by atoms with Crippen LogP contribution in [0.4, 0.5) is 0 Å². The molecule has 5 atom stereocenters. The molecule has 6 heterocycles. The topological polar surface area (TPSA) is 112 Å². The van der Waals surface area contributed by atoms with Gasteiger partial charge in [0.1, 0.15) is 18.3 Å². The van der Waals surface area contributed by atoms with Crippen LogP contribution in [0.1, 0.15) is 41.3 Å². The number of aliphatic hydroxyl groups is 1. The quantitative estimate of drug-likeness (QED) is 0.539. The number of rotatable bonds is 5. The molecule has 4 aliphatic rings. The lowest BCUT2D eigenvalue weighted by atomic mass is 9.98. The Bertz CT molecular complexity index is 1340. The first kappa shape index (κ1) is 22.6. The van der Waals surface area contributed by atoms with Crippen LogP contribution in [0.3, 0.4) is 0 Å². The molecule has 7 rings (SSSR count). The van der Waals surface area contributed by atoms with E-state index in [1.807, 2.05) is 12.3 Å². The number of aryl methyl sites for hydroxylation is 1. The fourth-order valence-electron chi connectivity index (χ4n) is 5.77. The highest BCUT2D eigenvalue weighted by molar-refractivity contribution is 6.31. The van der Waals surface area contributed by atoms with E-state index >= 15 is 0 Å². The first-order valence-corrected chi connectivity index (χ1v) is 12.9. The summed E-state index contributed by atoms with van der Waals surface area (Å²) in [5, 5.41) is 10.5. The molecule has 2 N–H and O–H groups in total. The van der Waals surface area contributed by atoms with Gasteiger partial charge >= 0.3 is 0 Å². The number of pyridine rings is 2. The Labute approximate surface area is 212 Å². The number of ether oxygens (including phenoxy) is 4. The van der Waals surface area contributed by atoms with E-state index in [-0.39, 0.29) is 30.8 Å². The number of imidazole rings is 1. The Morgan fingerprint density at radius 3 is 2.94 bits per heavy atom. The van der Waals surface area contributed by atoms with Gasteiger partial charge in [-0.1, -0.05) is 17.7 Å². The number of H-pyrrole nitrogens is 1. The van der Waals surface area contributed by atoms with Gasteiger partial charge in [-0.25, -0.2) is 4.98 Å². The Balaban J connectivity index is 1.09. The van der Waals surface area contributed by atoms with Crippen LogP contribution in [-0.2, 0) is 27.1 Å². The Morgan fingerprint density at radius 1 is 1.14 bits per heavy atom. The molecule has 0 radical (unpaired) electrons. The van der Waals surface area contributed by atoms with Gasteiger partial charge in [0, 0.05) is 17.8 Å². The van der Waals surface area contributed by atoms with Crippen molar-refractivity contribution >= 4 is 28.3 Å². The number of aromatic nitrogens is 4. The third-order valence-electron chi connectivity index (χ3n) is 7.65. The molecule has 3 aromatic heterocycles. The van der Waals surface area contributed by atoms with Crippen LogP contribution in [0.25, 0.3) is 16.7 Å². The summed E-state index contributed by atoms with van der Waals surface area (Å²) in [6, 6.07) is 4.49. The number of aromatic amines is 1. The monoisotopic (exact) mass is 510 g/mol. The van der Waals surface area contributed by atoms with Crippen molar-refractivity contribution in [1.82, 2.24) is 19.9 Å². The Hall–Kier alpha value is -2.56. The smallest absolute Gasteiger partial charge is 0.296 e. The lowest BCUT2D eigenvalue weighted by Gasteiger charge is -2.15. The predicted octanol–water partition coefficient (Wildman–Crippen LogP) is 2.99. The second kappa shape index (κ2) is 9.08. The zero-order valence-electron chi connectivity index (χ0n) is 19.7. The normalized spacial score (nSPS) is 29.4. The number of fused-ring (bicyclic) bond motifs is 3. The Morgan fingerprint density at radius 2 is 2.06 bits per heavy atom. The summed E-state index contributed by atoms with van der Waals surface area (Å²) in [5.41, 5.74) is 7.06. The van der Waals surface area contributed by atoms with E-state index in [1.54, 1.807) is 0 Å². The summed E-state index contributed by atoms with van der Waals surface area (Å²) >= 11 is 6.65. The molecular weight excluding hydrogens is 484 g/mol. The molecule has 1 unspecified atom stereocenters. The van der Waals surface area contributed by atoms with Crippen molar-refractivity contribution in [1.29, 1.82) is 0 Å².